The second-order valence-corrected chi connectivity index (χ2v) is 4.68. The average molecular weight is 316 g/mol. The maximum Gasteiger partial charge on any atom is 0.451 e. The zero-order valence-electron chi connectivity index (χ0n) is 11.1. The number of ether oxygens (including phenoxy) is 1. The monoisotopic (exact) mass is 316 g/mol. The number of carbonyl (C=O) groups excluding carboxylic acids is 1. The van der Waals surface area contributed by atoms with Gasteiger partial charge < -0.3 is 20.4 Å². The number of hydrogen-bond acceptors (Lipinski definition) is 6. The Morgan fingerprint density at radius 2 is 2.23 bits per heavy atom. The minimum absolute atomic E-state index is 0.0117. The van der Waals surface area contributed by atoms with E-state index in [1.807, 2.05) is 0 Å². The van der Waals surface area contributed by atoms with Crippen LogP contribution < -0.4 is 10.6 Å². The number of halogens is 3. The molecule has 22 heavy (non-hydrogen) atoms. The van der Waals surface area contributed by atoms with Crippen LogP contribution in [0, 0.1) is 0 Å². The molecule has 2 aromatic rings. The molecule has 0 saturated carbocycles. The van der Waals surface area contributed by atoms with Crippen LogP contribution in [0.15, 0.2) is 6.33 Å². The molecule has 0 bridgehead atoms. The lowest BCUT2D eigenvalue weighted by molar-refractivity contribution is -0.144. The summed E-state index contributed by atoms with van der Waals surface area (Å²) in [6.45, 7) is 0.429. The Hall–Kier alpha value is -2.43. The third kappa shape index (κ3) is 2.54. The zero-order chi connectivity index (χ0) is 15.9. The molecule has 1 aliphatic rings. The smallest absolute Gasteiger partial charge is 0.367 e. The second kappa shape index (κ2) is 5.09. The van der Waals surface area contributed by atoms with Gasteiger partial charge in [0.25, 0.3) is 0 Å². The van der Waals surface area contributed by atoms with Gasteiger partial charge in [-0.05, 0) is 0 Å². The van der Waals surface area contributed by atoms with E-state index in [4.69, 9.17) is 10.5 Å². The van der Waals surface area contributed by atoms with Gasteiger partial charge in [-0.2, -0.15) is 13.2 Å². The highest BCUT2D eigenvalue weighted by Crippen LogP contribution is 2.31. The van der Waals surface area contributed by atoms with E-state index < -0.39 is 24.0 Å². The van der Waals surface area contributed by atoms with Crippen molar-refractivity contribution in [1.82, 2.24) is 19.9 Å². The molecule has 3 N–H and O–H groups in total. The molecular formula is C11H11F3N6O2. The fraction of sp³-hybridized carbons (Fsp3) is 0.455. The number of fused-ring (bicyclic) bond motifs is 1. The fourth-order valence-electron chi connectivity index (χ4n) is 2.19. The van der Waals surface area contributed by atoms with E-state index in [9.17, 15) is 18.0 Å². The number of amides is 1. The summed E-state index contributed by atoms with van der Waals surface area (Å²) in [5.41, 5.74) is 5.34. The molecule has 1 aliphatic heterocycles. The van der Waals surface area contributed by atoms with Gasteiger partial charge in [0, 0.05) is 6.54 Å². The van der Waals surface area contributed by atoms with Crippen LogP contribution in [0.2, 0.25) is 0 Å². The van der Waals surface area contributed by atoms with E-state index in [2.05, 4.69) is 19.9 Å². The van der Waals surface area contributed by atoms with Gasteiger partial charge in [0.2, 0.25) is 11.7 Å². The first kappa shape index (κ1) is 14.5. The number of primary amides is 1. The first-order chi connectivity index (χ1) is 10.4. The summed E-state index contributed by atoms with van der Waals surface area (Å²) in [6.07, 6.45) is -4.37. The summed E-state index contributed by atoms with van der Waals surface area (Å²) >= 11 is 0. The molecule has 0 spiro atoms. The average Bonchev–Trinajstić information content (AvgIpc) is 2.93. The van der Waals surface area contributed by atoms with Gasteiger partial charge in [-0.3, -0.25) is 4.79 Å². The van der Waals surface area contributed by atoms with Crippen molar-refractivity contribution in [1.29, 1.82) is 0 Å². The maximum absolute atomic E-state index is 12.9. The van der Waals surface area contributed by atoms with Gasteiger partial charge >= 0.3 is 6.18 Å². The highest BCUT2D eigenvalue weighted by atomic mass is 19.4. The molecule has 0 aliphatic carbocycles. The molecule has 1 amide bonds. The third-order valence-electron chi connectivity index (χ3n) is 3.20. The highest BCUT2D eigenvalue weighted by molar-refractivity contribution is 5.84. The van der Waals surface area contributed by atoms with Crippen molar-refractivity contribution in [2.75, 3.05) is 24.6 Å². The van der Waals surface area contributed by atoms with Crippen LogP contribution in [-0.4, -0.2) is 51.6 Å². The van der Waals surface area contributed by atoms with Crippen molar-refractivity contribution in [2.45, 2.75) is 12.3 Å². The lowest BCUT2D eigenvalue weighted by Gasteiger charge is -2.32. The third-order valence-corrected chi connectivity index (χ3v) is 3.20. The summed E-state index contributed by atoms with van der Waals surface area (Å²) in [4.78, 5) is 26.1. The van der Waals surface area contributed by atoms with E-state index in [1.165, 1.54) is 11.2 Å². The second-order valence-electron chi connectivity index (χ2n) is 4.68. The van der Waals surface area contributed by atoms with Gasteiger partial charge in [0.1, 0.15) is 5.52 Å². The van der Waals surface area contributed by atoms with Crippen LogP contribution in [0.3, 0.4) is 0 Å². The first-order valence-corrected chi connectivity index (χ1v) is 6.30. The molecule has 1 fully saturated rings. The number of nitrogens with one attached hydrogen (secondary N) is 1. The standard InChI is InChI=1S/C11H11F3N6O2/c12-11(13,14)10-18-8-6(16-4-17-8)9(19-10)20-1-2-22-5(3-20)7(15)21/h4-5H,1-3H2,(H2,15,21)(H,16,17,18,19). The normalized spacial score (nSPS) is 19.6. The number of carbonyl (C=O) groups is 1. The fourth-order valence-corrected chi connectivity index (χ4v) is 2.19. The van der Waals surface area contributed by atoms with Crippen molar-refractivity contribution in [3.63, 3.8) is 0 Å². The molecule has 8 nitrogen and oxygen atoms in total. The molecular weight excluding hydrogens is 305 g/mol. The molecule has 1 unspecified atom stereocenters. The molecule has 118 valence electrons. The predicted molar refractivity (Wildman–Crippen MR) is 67.8 cm³/mol. The number of aromatic nitrogens is 4. The van der Waals surface area contributed by atoms with Crippen molar-refractivity contribution in [3.8, 4) is 0 Å². The van der Waals surface area contributed by atoms with Crippen LogP contribution in [-0.2, 0) is 15.7 Å². The van der Waals surface area contributed by atoms with Crippen LogP contribution in [0.1, 0.15) is 5.82 Å². The Labute approximate surface area is 121 Å². The van der Waals surface area contributed by atoms with Crippen molar-refractivity contribution >= 4 is 22.9 Å². The van der Waals surface area contributed by atoms with Crippen LogP contribution in [0.5, 0.6) is 0 Å². The molecule has 1 saturated heterocycles. The Kier molecular flexibility index (Phi) is 3.35. The molecule has 0 radical (unpaired) electrons. The predicted octanol–water partition coefficient (Wildman–Crippen LogP) is 0.0622. The quantitative estimate of drug-likeness (QED) is 0.811. The summed E-state index contributed by atoms with van der Waals surface area (Å²) in [5.74, 6) is -1.95. The number of morpholine rings is 1. The summed E-state index contributed by atoms with van der Waals surface area (Å²) in [5, 5.41) is 0. The summed E-state index contributed by atoms with van der Waals surface area (Å²) in [6, 6.07) is 0. The molecule has 0 aromatic carbocycles. The van der Waals surface area contributed by atoms with Crippen LogP contribution in [0.4, 0.5) is 19.0 Å². The lowest BCUT2D eigenvalue weighted by Crippen LogP contribution is -2.49. The van der Waals surface area contributed by atoms with Gasteiger partial charge in [-0.15, -0.1) is 0 Å². The Morgan fingerprint density at radius 1 is 1.45 bits per heavy atom. The van der Waals surface area contributed by atoms with Crippen molar-refractivity contribution in [2.24, 2.45) is 5.73 Å². The number of aromatic amines is 1. The van der Waals surface area contributed by atoms with E-state index in [1.54, 1.807) is 0 Å². The number of H-pyrrole nitrogens is 1. The van der Waals surface area contributed by atoms with E-state index in [0.29, 0.717) is 0 Å². The van der Waals surface area contributed by atoms with Gasteiger partial charge in [-0.25, -0.2) is 15.0 Å². The molecule has 3 heterocycles. The molecule has 2 aromatic heterocycles. The summed E-state index contributed by atoms with van der Waals surface area (Å²) < 4.78 is 43.9. The number of rotatable bonds is 2. The minimum atomic E-state index is -4.70. The first-order valence-electron chi connectivity index (χ1n) is 6.30. The van der Waals surface area contributed by atoms with Gasteiger partial charge in [0.15, 0.2) is 17.6 Å². The van der Waals surface area contributed by atoms with Crippen LogP contribution in [0.25, 0.3) is 11.2 Å². The largest absolute Gasteiger partial charge is 0.451 e. The summed E-state index contributed by atoms with van der Waals surface area (Å²) in [7, 11) is 0. The number of anilines is 1. The zero-order valence-corrected chi connectivity index (χ0v) is 11.1. The molecule has 11 heteroatoms. The Balaban J connectivity index is 2.05. The highest BCUT2D eigenvalue weighted by Gasteiger charge is 2.37. The Morgan fingerprint density at radius 3 is 2.91 bits per heavy atom. The molecule has 1 atom stereocenters. The lowest BCUT2D eigenvalue weighted by atomic mass is 10.2. The minimum Gasteiger partial charge on any atom is -0.367 e. The van der Waals surface area contributed by atoms with E-state index >= 15 is 0 Å². The van der Waals surface area contributed by atoms with Crippen LogP contribution >= 0.6 is 0 Å². The number of alkyl halides is 3. The molecule has 3 rings (SSSR count). The number of nitrogens with two attached hydrogens (primary N) is 1. The number of imidazole rings is 1. The van der Waals surface area contributed by atoms with E-state index in [-0.39, 0.29) is 36.7 Å². The van der Waals surface area contributed by atoms with Crippen molar-refractivity contribution in [3.05, 3.63) is 12.2 Å². The number of hydrogen-bond donors (Lipinski definition) is 2. The van der Waals surface area contributed by atoms with Gasteiger partial charge in [-0.1, -0.05) is 0 Å². The SMILES string of the molecule is NC(=O)C1CN(c2nc(C(F)(F)F)nc3nc[nH]c23)CCO1. The number of nitrogens with zero attached hydrogens (tertiary/aromatic N) is 4. The van der Waals surface area contributed by atoms with Gasteiger partial charge in [0.05, 0.1) is 19.5 Å². The van der Waals surface area contributed by atoms with Crippen molar-refractivity contribution < 1.29 is 22.7 Å². The topological polar surface area (TPSA) is 110 Å². The maximum atomic E-state index is 12.9. The van der Waals surface area contributed by atoms with E-state index in [0.717, 1.165) is 0 Å². The Bertz CT molecular complexity index is 715.